The highest BCUT2D eigenvalue weighted by Gasteiger charge is 2.02. The number of rotatable bonds is 1. The predicted octanol–water partition coefficient (Wildman–Crippen LogP) is 3.17. The number of hydrogen-bond donors (Lipinski definition) is 0. The molecule has 0 fully saturated rings. The fraction of sp³-hybridized carbons (Fsp3) is 0.111. The average molecular weight is 211 g/mol. The summed E-state index contributed by atoms with van der Waals surface area (Å²) < 4.78 is 0. The molecule has 2 aromatic heterocycles. The van der Waals surface area contributed by atoms with Crippen LogP contribution in [0.15, 0.2) is 24.5 Å². The Hall–Kier alpha value is -0.930. The number of hydrogen-bond acceptors (Lipinski definition) is 3. The SMILES string of the molecule is Cc1ccc(-c2cncc(Cl)n2)s1. The predicted molar refractivity (Wildman–Crippen MR) is 55.1 cm³/mol. The van der Waals surface area contributed by atoms with Gasteiger partial charge in [-0.2, -0.15) is 0 Å². The lowest BCUT2D eigenvalue weighted by Crippen LogP contribution is -1.82. The molecule has 2 nitrogen and oxygen atoms in total. The van der Waals surface area contributed by atoms with Crippen LogP contribution in [0, 0.1) is 6.92 Å². The van der Waals surface area contributed by atoms with Crippen LogP contribution in [0.4, 0.5) is 0 Å². The van der Waals surface area contributed by atoms with Crippen LogP contribution in [0.5, 0.6) is 0 Å². The van der Waals surface area contributed by atoms with Gasteiger partial charge < -0.3 is 0 Å². The van der Waals surface area contributed by atoms with Gasteiger partial charge in [-0.25, -0.2) is 4.98 Å². The second kappa shape index (κ2) is 3.44. The summed E-state index contributed by atoms with van der Waals surface area (Å²) >= 11 is 7.42. The highest BCUT2D eigenvalue weighted by molar-refractivity contribution is 7.15. The Morgan fingerprint density at radius 1 is 1.31 bits per heavy atom. The summed E-state index contributed by atoms with van der Waals surface area (Å²) in [5.41, 5.74) is 0.839. The third-order valence-corrected chi connectivity index (χ3v) is 2.80. The molecule has 2 rings (SSSR count). The van der Waals surface area contributed by atoms with Gasteiger partial charge in [-0.15, -0.1) is 11.3 Å². The average Bonchev–Trinajstić information content (AvgIpc) is 2.52. The Bertz CT molecular complexity index is 425. The van der Waals surface area contributed by atoms with E-state index in [1.807, 2.05) is 6.07 Å². The molecule has 13 heavy (non-hydrogen) atoms. The van der Waals surface area contributed by atoms with Crippen LogP contribution in [-0.2, 0) is 0 Å². The maximum atomic E-state index is 5.73. The summed E-state index contributed by atoms with van der Waals surface area (Å²) in [5, 5.41) is 0.434. The molecular weight excluding hydrogens is 204 g/mol. The lowest BCUT2D eigenvalue weighted by molar-refractivity contribution is 1.21. The molecule has 0 aliphatic carbocycles. The lowest BCUT2D eigenvalue weighted by Gasteiger charge is -1.94. The largest absolute Gasteiger partial charge is 0.259 e. The van der Waals surface area contributed by atoms with Crippen LogP contribution in [0.25, 0.3) is 10.6 Å². The van der Waals surface area contributed by atoms with Crippen molar-refractivity contribution in [3.63, 3.8) is 0 Å². The van der Waals surface area contributed by atoms with Gasteiger partial charge in [0.05, 0.1) is 17.3 Å². The second-order valence-corrected chi connectivity index (χ2v) is 4.31. The number of halogens is 1. The van der Waals surface area contributed by atoms with Gasteiger partial charge in [0.25, 0.3) is 0 Å². The van der Waals surface area contributed by atoms with Gasteiger partial charge in [-0.3, -0.25) is 4.98 Å². The van der Waals surface area contributed by atoms with E-state index in [0.29, 0.717) is 5.15 Å². The lowest BCUT2D eigenvalue weighted by atomic mass is 10.3. The van der Waals surface area contributed by atoms with Gasteiger partial charge in [-0.05, 0) is 19.1 Å². The van der Waals surface area contributed by atoms with E-state index in [4.69, 9.17) is 11.6 Å². The molecule has 0 spiro atoms. The van der Waals surface area contributed by atoms with Crippen LogP contribution in [0.1, 0.15) is 4.88 Å². The van der Waals surface area contributed by atoms with Gasteiger partial charge in [0.15, 0.2) is 0 Å². The van der Waals surface area contributed by atoms with E-state index in [1.54, 1.807) is 17.5 Å². The summed E-state index contributed by atoms with van der Waals surface area (Å²) in [6, 6.07) is 4.09. The molecule has 0 saturated heterocycles. The van der Waals surface area contributed by atoms with Crippen molar-refractivity contribution in [2.45, 2.75) is 6.92 Å². The van der Waals surface area contributed by atoms with Crippen molar-refractivity contribution in [2.24, 2.45) is 0 Å². The summed E-state index contributed by atoms with van der Waals surface area (Å²) in [5.74, 6) is 0. The quantitative estimate of drug-likeness (QED) is 0.723. The molecule has 0 unspecified atom stereocenters. The van der Waals surface area contributed by atoms with Crippen molar-refractivity contribution in [3.8, 4) is 10.6 Å². The zero-order valence-electron chi connectivity index (χ0n) is 6.99. The molecule has 0 N–H and O–H groups in total. The number of nitrogens with zero attached hydrogens (tertiary/aromatic N) is 2. The molecule has 4 heteroatoms. The molecule has 0 radical (unpaired) electrons. The summed E-state index contributed by atoms with van der Waals surface area (Å²) in [4.78, 5) is 10.5. The zero-order chi connectivity index (χ0) is 9.26. The van der Waals surface area contributed by atoms with E-state index in [0.717, 1.165) is 10.6 Å². The molecular formula is C9H7ClN2S. The molecule has 0 saturated carbocycles. The van der Waals surface area contributed by atoms with Gasteiger partial charge >= 0.3 is 0 Å². The summed E-state index contributed by atoms with van der Waals surface area (Å²) in [6.07, 6.45) is 3.25. The molecule has 0 bridgehead atoms. The van der Waals surface area contributed by atoms with E-state index >= 15 is 0 Å². The van der Waals surface area contributed by atoms with Crippen LogP contribution in [0.3, 0.4) is 0 Å². The van der Waals surface area contributed by atoms with Crippen molar-refractivity contribution in [3.05, 3.63) is 34.6 Å². The standard InChI is InChI=1S/C9H7ClN2S/c1-6-2-3-8(13-6)7-4-11-5-9(10)12-7/h2-5H,1H3. The Morgan fingerprint density at radius 2 is 2.15 bits per heavy atom. The third-order valence-electron chi connectivity index (χ3n) is 1.60. The van der Waals surface area contributed by atoms with Crippen LogP contribution >= 0.6 is 22.9 Å². The van der Waals surface area contributed by atoms with Crippen molar-refractivity contribution in [1.29, 1.82) is 0 Å². The molecule has 0 aliphatic heterocycles. The van der Waals surface area contributed by atoms with Crippen molar-refractivity contribution < 1.29 is 0 Å². The van der Waals surface area contributed by atoms with Crippen LogP contribution in [0.2, 0.25) is 5.15 Å². The second-order valence-electron chi connectivity index (χ2n) is 2.64. The summed E-state index contributed by atoms with van der Waals surface area (Å²) in [7, 11) is 0. The minimum absolute atomic E-state index is 0.434. The van der Waals surface area contributed by atoms with E-state index < -0.39 is 0 Å². The number of thiophene rings is 1. The Labute approximate surface area is 85.2 Å². The molecule has 0 amide bonds. The Kier molecular flexibility index (Phi) is 2.29. The van der Waals surface area contributed by atoms with E-state index in [1.165, 1.54) is 11.1 Å². The van der Waals surface area contributed by atoms with Gasteiger partial charge in [0.1, 0.15) is 10.8 Å². The fourth-order valence-electron chi connectivity index (χ4n) is 1.03. The fourth-order valence-corrected chi connectivity index (χ4v) is 2.00. The first kappa shape index (κ1) is 8.66. The molecule has 0 aliphatic rings. The summed E-state index contributed by atoms with van der Waals surface area (Å²) in [6.45, 7) is 2.06. The van der Waals surface area contributed by atoms with E-state index in [9.17, 15) is 0 Å². The highest BCUT2D eigenvalue weighted by Crippen LogP contribution is 2.25. The maximum Gasteiger partial charge on any atom is 0.148 e. The molecule has 66 valence electrons. The molecule has 2 heterocycles. The Morgan fingerprint density at radius 3 is 2.77 bits per heavy atom. The first-order chi connectivity index (χ1) is 6.25. The monoisotopic (exact) mass is 210 g/mol. The van der Waals surface area contributed by atoms with Crippen LogP contribution < -0.4 is 0 Å². The van der Waals surface area contributed by atoms with Crippen molar-refractivity contribution in [2.75, 3.05) is 0 Å². The van der Waals surface area contributed by atoms with Crippen molar-refractivity contribution in [1.82, 2.24) is 9.97 Å². The highest BCUT2D eigenvalue weighted by atomic mass is 35.5. The minimum Gasteiger partial charge on any atom is -0.259 e. The Balaban J connectivity index is 2.46. The topological polar surface area (TPSA) is 25.8 Å². The molecule has 0 aromatic carbocycles. The number of aromatic nitrogens is 2. The molecule has 0 atom stereocenters. The van der Waals surface area contributed by atoms with Crippen molar-refractivity contribution >= 4 is 22.9 Å². The minimum atomic E-state index is 0.434. The van der Waals surface area contributed by atoms with Crippen LogP contribution in [-0.4, -0.2) is 9.97 Å². The first-order valence-corrected chi connectivity index (χ1v) is 4.99. The van der Waals surface area contributed by atoms with Gasteiger partial charge in [0.2, 0.25) is 0 Å². The number of aryl methyl sites for hydroxylation is 1. The maximum absolute atomic E-state index is 5.73. The normalized spacial score (nSPS) is 10.3. The molecule has 2 aromatic rings. The first-order valence-electron chi connectivity index (χ1n) is 3.80. The third kappa shape index (κ3) is 1.87. The zero-order valence-corrected chi connectivity index (χ0v) is 8.56. The van der Waals surface area contributed by atoms with Gasteiger partial charge in [-0.1, -0.05) is 11.6 Å². The van der Waals surface area contributed by atoms with E-state index in [2.05, 4.69) is 23.0 Å². The smallest absolute Gasteiger partial charge is 0.148 e. The van der Waals surface area contributed by atoms with Gasteiger partial charge in [0, 0.05) is 4.88 Å². The van der Waals surface area contributed by atoms with E-state index in [-0.39, 0.29) is 0 Å².